The zero-order valence-electron chi connectivity index (χ0n) is 10.5. The molecule has 1 unspecified atom stereocenters. The van der Waals surface area contributed by atoms with Gasteiger partial charge in [0.2, 0.25) is 0 Å². The molecule has 0 spiro atoms. The molecule has 18 heavy (non-hydrogen) atoms. The summed E-state index contributed by atoms with van der Waals surface area (Å²) in [5, 5.41) is 5.51. The topological polar surface area (TPSA) is 37.8 Å². The van der Waals surface area contributed by atoms with Crippen LogP contribution in [0, 0.1) is 12.8 Å². The molecule has 0 bridgehead atoms. The lowest BCUT2D eigenvalue weighted by atomic mass is 10.0. The van der Waals surface area contributed by atoms with Crippen molar-refractivity contribution in [3.8, 4) is 10.6 Å². The van der Waals surface area contributed by atoms with E-state index in [0.29, 0.717) is 5.92 Å². The van der Waals surface area contributed by atoms with Crippen LogP contribution in [0.15, 0.2) is 23.7 Å². The summed E-state index contributed by atoms with van der Waals surface area (Å²) in [7, 11) is 0. The van der Waals surface area contributed by atoms with E-state index in [1.807, 2.05) is 12.3 Å². The second-order valence-corrected chi connectivity index (χ2v) is 5.77. The molecule has 4 heteroatoms. The number of aryl methyl sites for hydroxylation is 1. The maximum absolute atomic E-state index is 4.71. The van der Waals surface area contributed by atoms with Crippen LogP contribution in [0.1, 0.15) is 17.8 Å². The second-order valence-electron chi connectivity index (χ2n) is 4.85. The normalized spacial score (nSPS) is 19.3. The Kier molecular flexibility index (Phi) is 3.39. The number of hydrogen-bond donors (Lipinski definition) is 1. The van der Waals surface area contributed by atoms with E-state index in [0.717, 1.165) is 31.0 Å². The van der Waals surface area contributed by atoms with Crippen LogP contribution in [-0.4, -0.2) is 23.1 Å². The molecule has 1 atom stereocenters. The third kappa shape index (κ3) is 2.44. The molecule has 1 N–H and O–H groups in total. The highest BCUT2D eigenvalue weighted by Crippen LogP contribution is 2.27. The zero-order valence-corrected chi connectivity index (χ0v) is 11.3. The minimum atomic E-state index is 0.699. The molecule has 2 aromatic heterocycles. The lowest BCUT2D eigenvalue weighted by Gasteiger charge is -2.07. The third-order valence-corrected chi connectivity index (χ3v) is 4.47. The van der Waals surface area contributed by atoms with Crippen LogP contribution >= 0.6 is 11.3 Å². The number of nitrogens with zero attached hydrogens (tertiary/aromatic N) is 2. The summed E-state index contributed by atoms with van der Waals surface area (Å²) in [6.07, 6.45) is 4.12. The van der Waals surface area contributed by atoms with Gasteiger partial charge in [0.15, 0.2) is 0 Å². The summed E-state index contributed by atoms with van der Waals surface area (Å²) >= 11 is 1.75. The van der Waals surface area contributed by atoms with Crippen LogP contribution in [0.5, 0.6) is 0 Å². The lowest BCUT2D eigenvalue weighted by molar-refractivity contribution is 0.562. The quantitative estimate of drug-likeness (QED) is 0.921. The van der Waals surface area contributed by atoms with Crippen molar-refractivity contribution < 1.29 is 0 Å². The molecule has 0 radical (unpaired) electrons. The van der Waals surface area contributed by atoms with E-state index >= 15 is 0 Å². The van der Waals surface area contributed by atoms with E-state index in [9.17, 15) is 0 Å². The Labute approximate surface area is 111 Å². The smallest absolute Gasteiger partial charge is 0.129 e. The van der Waals surface area contributed by atoms with Crippen molar-refractivity contribution in [2.45, 2.75) is 19.8 Å². The minimum absolute atomic E-state index is 0.699. The SMILES string of the molecule is Cc1ccsc1-c1ccnc(CC2CCNC2)n1. The van der Waals surface area contributed by atoms with Gasteiger partial charge in [-0.05, 0) is 55.4 Å². The predicted octanol–water partition coefficient (Wildman–Crippen LogP) is 2.67. The van der Waals surface area contributed by atoms with E-state index in [2.05, 4.69) is 28.7 Å². The summed E-state index contributed by atoms with van der Waals surface area (Å²) in [6.45, 7) is 4.37. The fraction of sp³-hybridized carbons (Fsp3) is 0.429. The van der Waals surface area contributed by atoms with Crippen molar-refractivity contribution in [1.29, 1.82) is 0 Å². The fourth-order valence-corrected chi connectivity index (χ4v) is 3.30. The van der Waals surface area contributed by atoms with Gasteiger partial charge in [0.25, 0.3) is 0 Å². The summed E-state index contributed by atoms with van der Waals surface area (Å²) in [6, 6.07) is 4.15. The van der Waals surface area contributed by atoms with E-state index in [4.69, 9.17) is 4.98 Å². The van der Waals surface area contributed by atoms with Gasteiger partial charge in [-0.1, -0.05) is 0 Å². The summed E-state index contributed by atoms with van der Waals surface area (Å²) in [4.78, 5) is 10.4. The number of hydrogen-bond acceptors (Lipinski definition) is 4. The van der Waals surface area contributed by atoms with Gasteiger partial charge in [0.1, 0.15) is 5.82 Å². The molecule has 1 saturated heterocycles. The van der Waals surface area contributed by atoms with Gasteiger partial charge in [-0.3, -0.25) is 0 Å². The number of aromatic nitrogens is 2. The molecule has 2 aromatic rings. The fourth-order valence-electron chi connectivity index (χ4n) is 2.41. The van der Waals surface area contributed by atoms with Gasteiger partial charge >= 0.3 is 0 Å². The standard InChI is InChI=1S/C14H17N3S/c1-10-4-7-18-14(10)12-3-6-16-13(17-12)8-11-2-5-15-9-11/h3-4,6-7,11,15H,2,5,8-9H2,1H3. The number of nitrogens with one attached hydrogen (secondary N) is 1. The van der Waals surface area contributed by atoms with Crippen molar-refractivity contribution in [3.63, 3.8) is 0 Å². The van der Waals surface area contributed by atoms with Crippen molar-refractivity contribution in [3.05, 3.63) is 35.1 Å². The number of thiophene rings is 1. The summed E-state index contributed by atoms with van der Waals surface area (Å²) in [5.74, 6) is 1.68. The van der Waals surface area contributed by atoms with Gasteiger partial charge in [-0.25, -0.2) is 9.97 Å². The van der Waals surface area contributed by atoms with Crippen molar-refractivity contribution in [2.75, 3.05) is 13.1 Å². The molecule has 3 rings (SSSR count). The highest BCUT2D eigenvalue weighted by atomic mass is 32.1. The maximum Gasteiger partial charge on any atom is 0.129 e. The zero-order chi connectivity index (χ0) is 12.4. The van der Waals surface area contributed by atoms with Crippen LogP contribution in [0.3, 0.4) is 0 Å². The summed E-state index contributed by atoms with van der Waals surface area (Å²) in [5.41, 5.74) is 2.37. The Morgan fingerprint density at radius 1 is 1.44 bits per heavy atom. The Morgan fingerprint density at radius 3 is 3.11 bits per heavy atom. The molecule has 0 saturated carbocycles. The van der Waals surface area contributed by atoms with E-state index < -0.39 is 0 Å². The van der Waals surface area contributed by atoms with Gasteiger partial charge in [-0.2, -0.15) is 0 Å². The Hall–Kier alpha value is -1.26. The molecule has 0 aliphatic carbocycles. The first-order chi connectivity index (χ1) is 8.83. The second kappa shape index (κ2) is 5.16. The molecule has 1 fully saturated rings. The monoisotopic (exact) mass is 259 g/mol. The van der Waals surface area contributed by atoms with Crippen molar-refractivity contribution in [2.24, 2.45) is 5.92 Å². The minimum Gasteiger partial charge on any atom is -0.316 e. The Balaban J connectivity index is 1.82. The van der Waals surface area contributed by atoms with Crippen molar-refractivity contribution >= 4 is 11.3 Å². The molecule has 1 aliphatic rings. The first kappa shape index (κ1) is 11.8. The van der Waals surface area contributed by atoms with Crippen LogP contribution < -0.4 is 5.32 Å². The van der Waals surface area contributed by atoms with Crippen LogP contribution in [0.2, 0.25) is 0 Å². The molecule has 0 aromatic carbocycles. The van der Waals surface area contributed by atoms with Crippen LogP contribution in [0.25, 0.3) is 10.6 Å². The molecule has 1 aliphatic heterocycles. The third-order valence-electron chi connectivity index (χ3n) is 3.43. The molecular formula is C14H17N3S. The molecule has 94 valence electrons. The van der Waals surface area contributed by atoms with Crippen LogP contribution in [0.4, 0.5) is 0 Å². The van der Waals surface area contributed by atoms with Gasteiger partial charge in [-0.15, -0.1) is 11.3 Å². The average molecular weight is 259 g/mol. The van der Waals surface area contributed by atoms with E-state index in [-0.39, 0.29) is 0 Å². The highest BCUT2D eigenvalue weighted by molar-refractivity contribution is 7.13. The first-order valence-corrected chi connectivity index (χ1v) is 7.28. The first-order valence-electron chi connectivity index (χ1n) is 6.40. The van der Waals surface area contributed by atoms with Gasteiger partial charge < -0.3 is 5.32 Å². The summed E-state index contributed by atoms with van der Waals surface area (Å²) < 4.78 is 0. The van der Waals surface area contributed by atoms with Crippen LogP contribution in [-0.2, 0) is 6.42 Å². The largest absolute Gasteiger partial charge is 0.316 e. The van der Waals surface area contributed by atoms with E-state index in [1.165, 1.54) is 16.9 Å². The lowest BCUT2D eigenvalue weighted by Crippen LogP contribution is -2.12. The van der Waals surface area contributed by atoms with Crippen molar-refractivity contribution in [1.82, 2.24) is 15.3 Å². The number of rotatable bonds is 3. The van der Waals surface area contributed by atoms with Gasteiger partial charge in [0, 0.05) is 12.6 Å². The Bertz CT molecular complexity index is 529. The van der Waals surface area contributed by atoms with Gasteiger partial charge in [0.05, 0.1) is 10.6 Å². The molecule has 0 amide bonds. The predicted molar refractivity (Wildman–Crippen MR) is 74.8 cm³/mol. The Morgan fingerprint density at radius 2 is 2.39 bits per heavy atom. The van der Waals surface area contributed by atoms with E-state index in [1.54, 1.807) is 11.3 Å². The molecule has 3 nitrogen and oxygen atoms in total. The highest BCUT2D eigenvalue weighted by Gasteiger charge is 2.16. The maximum atomic E-state index is 4.71. The molecule has 3 heterocycles. The molecular weight excluding hydrogens is 242 g/mol. The average Bonchev–Trinajstić information content (AvgIpc) is 3.01.